The van der Waals surface area contributed by atoms with Gasteiger partial charge in [-0.1, -0.05) is 24.3 Å². The van der Waals surface area contributed by atoms with Crippen LogP contribution in [0.5, 0.6) is 5.75 Å². The van der Waals surface area contributed by atoms with E-state index in [9.17, 15) is 22.8 Å². The molecule has 0 aliphatic carbocycles. The van der Waals surface area contributed by atoms with Crippen LogP contribution in [0, 0.1) is 0 Å². The van der Waals surface area contributed by atoms with Crippen LogP contribution in [-0.2, 0) is 17.4 Å². The number of hydrogen-bond donors (Lipinski definition) is 2. The fraction of sp³-hybridized carbons (Fsp3) is 0.300. The minimum absolute atomic E-state index is 0.0139. The summed E-state index contributed by atoms with van der Waals surface area (Å²) in [4.78, 5) is 23.9. The zero-order valence-corrected chi connectivity index (χ0v) is 15.3. The van der Waals surface area contributed by atoms with Crippen LogP contribution in [0.25, 0.3) is 0 Å². The smallest absolute Gasteiger partial charge is 0.417 e. The summed E-state index contributed by atoms with van der Waals surface area (Å²) < 4.78 is 44.1. The molecule has 150 valence electrons. The van der Waals surface area contributed by atoms with Crippen molar-refractivity contribution in [3.8, 4) is 5.75 Å². The first-order chi connectivity index (χ1) is 13.3. The van der Waals surface area contributed by atoms with Gasteiger partial charge in [0.25, 0.3) is 5.91 Å². The van der Waals surface area contributed by atoms with E-state index >= 15 is 0 Å². The first kappa shape index (κ1) is 21.3. The number of amides is 2. The second-order valence-corrected chi connectivity index (χ2v) is 5.90. The molecular weight excluding hydrogens is 373 g/mol. The van der Waals surface area contributed by atoms with Crippen molar-refractivity contribution in [1.82, 2.24) is 10.6 Å². The van der Waals surface area contributed by atoms with E-state index in [1.54, 1.807) is 24.3 Å². The van der Waals surface area contributed by atoms with E-state index < -0.39 is 23.2 Å². The molecule has 2 amide bonds. The summed E-state index contributed by atoms with van der Waals surface area (Å²) >= 11 is 0. The SMILES string of the molecule is CCOc1ccc(CC(=O)NCCNC(=O)c2ccccc2C(F)(F)F)cc1. The molecule has 8 heteroatoms. The third-order valence-corrected chi connectivity index (χ3v) is 3.81. The lowest BCUT2D eigenvalue weighted by Gasteiger charge is -2.13. The van der Waals surface area contributed by atoms with Crippen LogP contribution >= 0.6 is 0 Å². The lowest BCUT2D eigenvalue weighted by molar-refractivity contribution is -0.138. The first-order valence-electron chi connectivity index (χ1n) is 8.74. The summed E-state index contributed by atoms with van der Waals surface area (Å²) in [6.45, 7) is 2.55. The Morgan fingerprint density at radius 3 is 2.25 bits per heavy atom. The molecular formula is C20H21F3N2O3. The van der Waals surface area contributed by atoms with Gasteiger partial charge >= 0.3 is 6.18 Å². The molecule has 2 rings (SSSR count). The number of carbonyl (C=O) groups excluding carboxylic acids is 2. The predicted octanol–water partition coefficient (Wildman–Crippen LogP) is 3.19. The second-order valence-electron chi connectivity index (χ2n) is 5.90. The van der Waals surface area contributed by atoms with Crippen molar-refractivity contribution in [3.05, 3.63) is 65.2 Å². The molecule has 2 aromatic rings. The fourth-order valence-electron chi connectivity index (χ4n) is 2.52. The maximum atomic E-state index is 12.9. The van der Waals surface area contributed by atoms with E-state index in [2.05, 4.69) is 10.6 Å². The highest BCUT2D eigenvalue weighted by atomic mass is 19.4. The number of ether oxygens (including phenoxy) is 1. The summed E-state index contributed by atoms with van der Waals surface area (Å²) in [6, 6.07) is 11.6. The molecule has 0 aromatic heterocycles. The highest BCUT2D eigenvalue weighted by Crippen LogP contribution is 2.31. The quantitative estimate of drug-likeness (QED) is 0.676. The number of rotatable bonds is 8. The monoisotopic (exact) mass is 394 g/mol. The number of carbonyl (C=O) groups is 2. The molecule has 0 radical (unpaired) electrons. The van der Waals surface area contributed by atoms with Crippen molar-refractivity contribution in [2.75, 3.05) is 19.7 Å². The van der Waals surface area contributed by atoms with Gasteiger partial charge in [0.15, 0.2) is 0 Å². The molecule has 5 nitrogen and oxygen atoms in total. The van der Waals surface area contributed by atoms with Gasteiger partial charge in [0.2, 0.25) is 5.91 Å². The van der Waals surface area contributed by atoms with Crippen molar-refractivity contribution >= 4 is 11.8 Å². The number of nitrogens with one attached hydrogen (secondary N) is 2. The van der Waals surface area contributed by atoms with Crippen molar-refractivity contribution in [2.24, 2.45) is 0 Å². The molecule has 0 heterocycles. The minimum Gasteiger partial charge on any atom is -0.494 e. The molecule has 0 saturated carbocycles. The summed E-state index contributed by atoms with van der Waals surface area (Å²) in [5.74, 6) is -0.378. The standard InChI is InChI=1S/C20H21F3N2O3/c1-2-28-15-9-7-14(8-10-15)13-18(26)24-11-12-25-19(27)16-5-3-4-6-17(16)20(21,22)23/h3-10H,2,11-13H2,1H3,(H,24,26)(H,25,27). The maximum absolute atomic E-state index is 12.9. The molecule has 0 unspecified atom stereocenters. The molecule has 0 atom stereocenters. The van der Waals surface area contributed by atoms with Crippen LogP contribution in [-0.4, -0.2) is 31.5 Å². The van der Waals surface area contributed by atoms with Gasteiger partial charge in [0.05, 0.1) is 24.2 Å². The fourth-order valence-corrected chi connectivity index (χ4v) is 2.52. The molecule has 0 bridgehead atoms. The van der Waals surface area contributed by atoms with Gasteiger partial charge in [-0.2, -0.15) is 13.2 Å². The van der Waals surface area contributed by atoms with Gasteiger partial charge in [-0.15, -0.1) is 0 Å². The first-order valence-corrected chi connectivity index (χ1v) is 8.74. The van der Waals surface area contributed by atoms with Crippen molar-refractivity contribution in [3.63, 3.8) is 0 Å². The Morgan fingerprint density at radius 1 is 0.964 bits per heavy atom. The van der Waals surface area contributed by atoms with Crippen LogP contribution < -0.4 is 15.4 Å². The van der Waals surface area contributed by atoms with Crippen molar-refractivity contribution in [1.29, 1.82) is 0 Å². The molecule has 0 spiro atoms. The molecule has 28 heavy (non-hydrogen) atoms. The van der Waals surface area contributed by atoms with Gasteiger partial charge < -0.3 is 15.4 Å². The van der Waals surface area contributed by atoms with Gasteiger partial charge in [-0.05, 0) is 36.8 Å². The molecule has 0 fully saturated rings. The lowest BCUT2D eigenvalue weighted by atomic mass is 10.1. The Hall–Kier alpha value is -3.03. The van der Waals surface area contributed by atoms with Crippen LogP contribution in [0.15, 0.2) is 48.5 Å². The molecule has 2 aromatic carbocycles. The Bertz CT molecular complexity index is 805. The Kier molecular flexibility index (Phi) is 7.43. The highest BCUT2D eigenvalue weighted by molar-refractivity contribution is 5.95. The third kappa shape index (κ3) is 6.29. The Labute approximate surface area is 160 Å². The maximum Gasteiger partial charge on any atom is 0.417 e. The largest absolute Gasteiger partial charge is 0.494 e. The molecule has 0 aliphatic heterocycles. The van der Waals surface area contributed by atoms with E-state index in [1.165, 1.54) is 12.1 Å². The average molecular weight is 394 g/mol. The predicted molar refractivity (Wildman–Crippen MR) is 98.1 cm³/mol. The average Bonchev–Trinajstić information content (AvgIpc) is 2.66. The molecule has 0 aliphatic rings. The van der Waals surface area contributed by atoms with E-state index in [4.69, 9.17) is 4.74 Å². The molecule has 0 saturated heterocycles. The third-order valence-electron chi connectivity index (χ3n) is 3.81. The van der Waals surface area contributed by atoms with Gasteiger partial charge in [-0.25, -0.2) is 0 Å². The van der Waals surface area contributed by atoms with Gasteiger partial charge in [0.1, 0.15) is 5.75 Å². The van der Waals surface area contributed by atoms with Gasteiger partial charge in [-0.3, -0.25) is 9.59 Å². The number of alkyl halides is 3. The summed E-state index contributed by atoms with van der Waals surface area (Å²) in [5, 5.41) is 5.00. The van der Waals surface area contributed by atoms with E-state index in [1.807, 2.05) is 6.92 Å². The molecule has 2 N–H and O–H groups in total. The van der Waals surface area contributed by atoms with Crippen molar-refractivity contribution in [2.45, 2.75) is 19.5 Å². The van der Waals surface area contributed by atoms with E-state index in [0.29, 0.717) is 12.4 Å². The van der Waals surface area contributed by atoms with E-state index in [-0.39, 0.29) is 25.4 Å². The zero-order valence-electron chi connectivity index (χ0n) is 15.3. The summed E-state index contributed by atoms with van der Waals surface area (Å²) in [7, 11) is 0. The highest BCUT2D eigenvalue weighted by Gasteiger charge is 2.34. The second kappa shape index (κ2) is 9.77. The zero-order chi connectivity index (χ0) is 20.6. The number of benzene rings is 2. The summed E-state index contributed by atoms with van der Waals surface area (Å²) in [5.41, 5.74) is -0.646. The van der Waals surface area contributed by atoms with Crippen LogP contribution in [0.1, 0.15) is 28.4 Å². The van der Waals surface area contributed by atoms with Crippen LogP contribution in [0.4, 0.5) is 13.2 Å². The normalized spacial score (nSPS) is 11.0. The van der Waals surface area contributed by atoms with Gasteiger partial charge in [0, 0.05) is 13.1 Å². The minimum atomic E-state index is -4.61. The Balaban J connectivity index is 1.78. The van der Waals surface area contributed by atoms with Crippen LogP contribution in [0.2, 0.25) is 0 Å². The lowest BCUT2D eigenvalue weighted by Crippen LogP contribution is -2.36. The van der Waals surface area contributed by atoms with E-state index in [0.717, 1.165) is 17.7 Å². The number of hydrogen-bond acceptors (Lipinski definition) is 3. The summed E-state index contributed by atoms with van der Waals surface area (Å²) in [6.07, 6.45) is -4.46. The topological polar surface area (TPSA) is 67.4 Å². The van der Waals surface area contributed by atoms with Crippen molar-refractivity contribution < 1.29 is 27.5 Å². The Morgan fingerprint density at radius 2 is 1.61 bits per heavy atom. The van der Waals surface area contributed by atoms with Crippen LogP contribution in [0.3, 0.4) is 0 Å². The number of halogens is 3.